The lowest BCUT2D eigenvalue weighted by molar-refractivity contribution is -0.139. The third kappa shape index (κ3) is 3.81. The van der Waals surface area contributed by atoms with Crippen LogP contribution < -0.4 is 5.32 Å². The lowest BCUT2D eigenvalue weighted by atomic mass is 10.0. The lowest BCUT2D eigenvalue weighted by Crippen LogP contribution is -2.16. The minimum Gasteiger partial charge on any atom is -0.480 e. The average Bonchev–Trinajstić information content (AvgIpc) is 3.22. The molecule has 0 spiro atoms. The van der Waals surface area contributed by atoms with Crippen LogP contribution in [0.1, 0.15) is 23.5 Å². The SMILES string of the molecule is O=C(O)Cn1ccc(NC(=O)[C@@H]2C[C@@H]2c2ccccc2C(F)(F)F)n1. The minimum atomic E-state index is -4.46. The van der Waals surface area contributed by atoms with E-state index in [1.165, 1.54) is 30.5 Å². The first-order valence-corrected chi connectivity index (χ1v) is 7.48. The molecule has 6 nitrogen and oxygen atoms in total. The van der Waals surface area contributed by atoms with Crippen LogP contribution >= 0.6 is 0 Å². The predicted octanol–water partition coefficient (Wildman–Crippen LogP) is 2.73. The summed E-state index contributed by atoms with van der Waals surface area (Å²) in [6.45, 7) is -0.346. The number of carboxylic acids is 1. The van der Waals surface area contributed by atoms with Gasteiger partial charge in [-0.25, -0.2) is 0 Å². The number of carbonyl (C=O) groups excluding carboxylic acids is 1. The van der Waals surface area contributed by atoms with Gasteiger partial charge in [0, 0.05) is 18.2 Å². The van der Waals surface area contributed by atoms with Crippen LogP contribution in [0.25, 0.3) is 0 Å². The number of alkyl halides is 3. The number of hydrogen-bond donors (Lipinski definition) is 2. The lowest BCUT2D eigenvalue weighted by Gasteiger charge is -2.12. The monoisotopic (exact) mass is 353 g/mol. The van der Waals surface area contributed by atoms with E-state index in [0.29, 0.717) is 6.42 Å². The highest BCUT2D eigenvalue weighted by Crippen LogP contribution is 2.51. The number of halogens is 3. The molecule has 0 bridgehead atoms. The number of nitrogens with one attached hydrogen (secondary N) is 1. The molecule has 3 rings (SSSR count). The molecule has 1 fully saturated rings. The molecule has 2 N–H and O–H groups in total. The molecular formula is C16H14F3N3O3. The Morgan fingerprint density at radius 3 is 2.68 bits per heavy atom. The van der Waals surface area contributed by atoms with Gasteiger partial charge in [0.1, 0.15) is 6.54 Å². The van der Waals surface area contributed by atoms with E-state index in [1.54, 1.807) is 0 Å². The fourth-order valence-corrected chi connectivity index (χ4v) is 2.78. The Balaban J connectivity index is 1.67. The van der Waals surface area contributed by atoms with E-state index in [2.05, 4.69) is 10.4 Å². The number of carbonyl (C=O) groups is 2. The first-order valence-electron chi connectivity index (χ1n) is 7.48. The number of carboxylic acid groups (broad SMARTS) is 1. The van der Waals surface area contributed by atoms with Gasteiger partial charge in [-0.1, -0.05) is 18.2 Å². The topological polar surface area (TPSA) is 84.2 Å². The van der Waals surface area contributed by atoms with Crippen LogP contribution in [-0.2, 0) is 22.3 Å². The first kappa shape index (κ1) is 17.0. The van der Waals surface area contributed by atoms with Crippen molar-refractivity contribution in [2.24, 2.45) is 5.92 Å². The number of aliphatic carboxylic acids is 1. The van der Waals surface area contributed by atoms with Crippen LogP contribution in [0.4, 0.5) is 19.0 Å². The van der Waals surface area contributed by atoms with Gasteiger partial charge in [-0.15, -0.1) is 0 Å². The summed E-state index contributed by atoms with van der Waals surface area (Å²) in [5, 5.41) is 15.1. The van der Waals surface area contributed by atoms with Crippen molar-refractivity contribution in [3.8, 4) is 0 Å². The van der Waals surface area contributed by atoms with Crippen molar-refractivity contribution in [3.05, 3.63) is 47.7 Å². The van der Waals surface area contributed by atoms with Crippen LogP contribution in [0, 0.1) is 5.92 Å². The molecule has 0 saturated heterocycles. The highest BCUT2D eigenvalue weighted by atomic mass is 19.4. The Labute approximate surface area is 140 Å². The first-order chi connectivity index (χ1) is 11.8. The van der Waals surface area contributed by atoms with E-state index in [9.17, 15) is 22.8 Å². The molecule has 1 aliphatic rings. The largest absolute Gasteiger partial charge is 0.480 e. The molecule has 0 unspecified atom stereocenters. The van der Waals surface area contributed by atoms with E-state index in [1.807, 2.05) is 0 Å². The molecule has 0 aliphatic heterocycles. The molecule has 9 heteroatoms. The molecule has 2 aromatic rings. The number of benzene rings is 1. The summed E-state index contributed by atoms with van der Waals surface area (Å²) in [5.74, 6) is -2.39. The standard InChI is InChI=1S/C16H14F3N3O3/c17-16(18,19)12-4-2-1-3-9(12)10-7-11(10)15(25)20-13-5-6-22(21-13)8-14(23)24/h1-6,10-11H,7-8H2,(H,23,24)(H,20,21,25)/t10-,11-/m1/s1. The number of amides is 1. The van der Waals surface area contributed by atoms with Crippen molar-refractivity contribution in [1.82, 2.24) is 9.78 Å². The van der Waals surface area contributed by atoms with Gasteiger partial charge >= 0.3 is 12.1 Å². The second-order valence-electron chi connectivity index (χ2n) is 5.82. The average molecular weight is 353 g/mol. The maximum atomic E-state index is 13.1. The van der Waals surface area contributed by atoms with Crippen LogP contribution in [0.5, 0.6) is 0 Å². The quantitative estimate of drug-likeness (QED) is 0.866. The van der Waals surface area contributed by atoms with Gasteiger partial charge in [0.15, 0.2) is 5.82 Å². The van der Waals surface area contributed by atoms with Gasteiger partial charge in [-0.2, -0.15) is 18.3 Å². The zero-order valence-corrected chi connectivity index (χ0v) is 12.8. The summed E-state index contributed by atoms with van der Waals surface area (Å²) >= 11 is 0. The molecule has 0 radical (unpaired) electrons. The molecule has 25 heavy (non-hydrogen) atoms. The fourth-order valence-electron chi connectivity index (χ4n) is 2.78. The zero-order chi connectivity index (χ0) is 18.2. The smallest absolute Gasteiger partial charge is 0.416 e. The van der Waals surface area contributed by atoms with E-state index < -0.39 is 35.5 Å². The van der Waals surface area contributed by atoms with Crippen molar-refractivity contribution in [2.45, 2.75) is 25.1 Å². The Kier molecular flexibility index (Phi) is 4.23. The van der Waals surface area contributed by atoms with E-state index >= 15 is 0 Å². The second-order valence-corrected chi connectivity index (χ2v) is 5.82. The highest BCUT2D eigenvalue weighted by molar-refractivity contribution is 5.94. The fraction of sp³-hybridized carbons (Fsp3) is 0.312. The molecule has 1 saturated carbocycles. The summed E-state index contributed by atoms with van der Waals surface area (Å²) in [6.07, 6.45) is -2.74. The third-order valence-corrected chi connectivity index (χ3v) is 3.98. The van der Waals surface area contributed by atoms with Gasteiger partial charge in [-0.05, 0) is 24.0 Å². The van der Waals surface area contributed by atoms with Crippen LogP contribution in [-0.4, -0.2) is 26.8 Å². The van der Waals surface area contributed by atoms with Crippen molar-refractivity contribution < 1.29 is 27.9 Å². The summed E-state index contributed by atoms with van der Waals surface area (Å²) in [5.41, 5.74) is -0.604. The molecular weight excluding hydrogens is 339 g/mol. The molecule has 1 aromatic carbocycles. The second kappa shape index (κ2) is 6.23. The zero-order valence-electron chi connectivity index (χ0n) is 12.8. The number of aromatic nitrogens is 2. The molecule has 132 valence electrons. The van der Waals surface area contributed by atoms with E-state index in [0.717, 1.165) is 10.7 Å². The van der Waals surface area contributed by atoms with Crippen LogP contribution in [0.15, 0.2) is 36.5 Å². The maximum absolute atomic E-state index is 13.1. The molecule has 1 heterocycles. The highest BCUT2D eigenvalue weighted by Gasteiger charge is 2.47. The van der Waals surface area contributed by atoms with Gasteiger partial charge in [0.25, 0.3) is 0 Å². The summed E-state index contributed by atoms with van der Waals surface area (Å²) < 4.78 is 40.3. The molecule has 1 aliphatic carbocycles. The van der Waals surface area contributed by atoms with Crippen LogP contribution in [0.2, 0.25) is 0 Å². The molecule has 2 atom stereocenters. The van der Waals surface area contributed by atoms with Crippen LogP contribution in [0.3, 0.4) is 0 Å². The van der Waals surface area contributed by atoms with Crippen molar-refractivity contribution in [1.29, 1.82) is 0 Å². The Morgan fingerprint density at radius 2 is 2.00 bits per heavy atom. The summed E-state index contributed by atoms with van der Waals surface area (Å²) in [7, 11) is 0. The van der Waals surface area contributed by atoms with E-state index in [-0.39, 0.29) is 17.9 Å². The van der Waals surface area contributed by atoms with Gasteiger partial charge < -0.3 is 10.4 Å². The molecule has 1 aromatic heterocycles. The predicted molar refractivity (Wildman–Crippen MR) is 80.8 cm³/mol. The minimum absolute atomic E-state index is 0.117. The van der Waals surface area contributed by atoms with Gasteiger partial charge in [-0.3, -0.25) is 14.3 Å². The molecule has 1 amide bonds. The van der Waals surface area contributed by atoms with Crippen molar-refractivity contribution in [2.75, 3.05) is 5.32 Å². The van der Waals surface area contributed by atoms with Crippen molar-refractivity contribution >= 4 is 17.7 Å². The Hall–Kier alpha value is -2.84. The summed E-state index contributed by atoms with van der Waals surface area (Å²) in [6, 6.07) is 6.67. The number of hydrogen-bond acceptors (Lipinski definition) is 3. The van der Waals surface area contributed by atoms with Crippen molar-refractivity contribution in [3.63, 3.8) is 0 Å². The normalized spacial score (nSPS) is 19.5. The Morgan fingerprint density at radius 1 is 1.28 bits per heavy atom. The maximum Gasteiger partial charge on any atom is 0.416 e. The summed E-state index contributed by atoms with van der Waals surface area (Å²) in [4.78, 5) is 22.8. The number of nitrogens with zero attached hydrogens (tertiary/aromatic N) is 2. The van der Waals surface area contributed by atoms with Gasteiger partial charge in [0.2, 0.25) is 5.91 Å². The van der Waals surface area contributed by atoms with E-state index in [4.69, 9.17) is 5.11 Å². The number of anilines is 1. The van der Waals surface area contributed by atoms with Gasteiger partial charge in [0.05, 0.1) is 5.56 Å². The Bertz CT molecular complexity index is 816. The number of rotatable bonds is 5. The third-order valence-electron chi connectivity index (χ3n) is 3.98.